The Hall–Kier alpha value is -1.09. The molecule has 18 heavy (non-hydrogen) atoms. The van der Waals surface area contributed by atoms with Crippen molar-refractivity contribution < 1.29 is 0 Å². The highest BCUT2D eigenvalue weighted by Crippen LogP contribution is 2.21. The van der Waals surface area contributed by atoms with Crippen LogP contribution in [-0.4, -0.2) is 6.66 Å². The number of halogens is 1. The molecular weight excluding hydrogens is 261 g/mol. The van der Waals surface area contributed by atoms with Gasteiger partial charge in [-0.2, -0.15) is 5.26 Å². The summed E-state index contributed by atoms with van der Waals surface area (Å²) in [7, 11) is 2.42. The quantitative estimate of drug-likeness (QED) is 0.420. The van der Waals surface area contributed by atoms with Crippen LogP contribution in [-0.2, 0) is 0 Å². The van der Waals surface area contributed by atoms with E-state index in [2.05, 4.69) is 15.3 Å². The Morgan fingerprint density at radius 3 is 2.06 bits per heavy atom. The Labute approximate surface area is 117 Å². The van der Waals surface area contributed by atoms with Crippen molar-refractivity contribution in [3.8, 4) is 6.07 Å². The van der Waals surface area contributed by atoms with Crippen molar-refractivity contribution >= 4 is 26.4 Å². The van der Waals surface area contributed by atoms with E-state index in [0.29, 0.717) is 10.6 Å². The summed E-state index contributed by atoms with van der Waals surface area (Å²) in [4.78, 5) is 0. The summed E-state index contributed by atoms with van der Waals surface area (Å²) in [6.07, 6.45) is 1.89. The minimum Gasteiger partial charge on any atom is -0.192 e. The minimum atomic E-state index is 0.697. The predicted octanol–water partition coefficient (Wildman–Crippen LogP) is 5.09. The normalized spacial score (nSPS) is 10.5. The van der Waals surface area contributed by atoms with Crippen molar-refractivity contribution in [3.63, 3.8) is 0 Å². The summed E-state index contributed by atoms with van der Waals surface area (Å²) in [5, 5.41) is 9.79. The number of allylic oxidation sites excluding steroid dienone is 4. The molecule has 0 saturated carbocycles. The van der Waals surface area contributed by atoms with Gasteiger partial charge in [-0.05, 0) is 50.1 Å². The zero-order valence-corrected chi connectivity index (χ0v) is 13.2. The Morgan fingerprint density at radius 1 is 1.17 bits per heavy atom. The van der Waals surface area contributed by atoms with Gasteiger partial charge in [-0.25, -0.2) is 0 Å². The number of rotatable bonds is 2. The van der Waals surface area contributed by atoms with Crippen LogP contribution in [0.25, 0.3) is 5.57 Å². The molecule has 0 amide bonds. The SMILES string of the molecule is CC(C)=C/C(C#N)=C(\C)c1ccc(Cl)cc1.CP. The van der Waals surface area contributed by atoms with Crippen LogP contribution in [0.3, 0.4) is 0 Å². The summed E-state index contributed by atoms with van der Waals surface area (Å²) in [6.45, 7) is 7.82. The molecule has 0 aliphatic carbocycles. The third-order valence-corrected chi connectivity index (χ3v) is 2.49. The molecule has 0 aliphatic rings. The first-order chi connectivity index (χ1) is 8.54. The summed E-state index contributed by atoms with van der Waals surface area (Å²) >= 11 is 5.82. The third kappa shape index (κ3) is 5.50. The van der Waals surface area contributed by atoms with Crippen molar-refractivity contribution in [1.29, 1.82) is 5.26 Å². The average molecular weight is 280 g/mol. The highest BCUT2D eigenvalue weighted by molar-refractivity contribution is 7.15. The lowest BCUT2D eigenvalue weighted by atomic mass is 10.0. The second-order valence-corrected chi connectivity index (χ2v) is 4.32. The fraction of sp³-hybridized carbons (Fsp3) is 0.267. The standard InChI is InChI=1S/C14H14ClN.CH5P/c1-10(2)8-13(9-16)11(3)12-4-6-14(15)7-5-12;1-2/h4-8H,1-3H3;2H2,1H3/b13-11-;. The molecule has 0 heterocycles. The van der Waals surface area contributed by atoms with Gasteiger partial charge in [0.05, 0.1) is 11.6 Å². The molecule has 1 atom stereocenters. The fourth-order valence-electron chi connectivity index (χ4n) is 1.37. The van der Waals surface area contributed by atoms with Crippen LogP contribution >= 0.6 is 20.8 Å². The summed E-state index contributed by atoms with van der Waals surface area (Å²) in [6, 6.07) is 9.73. The van der Waals surface area contributed by atoms with Gasteiger partial charge in [-0.3, -0.25) is 0 Å². The molecule has 1 aromatic rings. The number of nitriles is 1. The maximum atomic E-state index is 9.08. The van der Waals surface area contributed by atoms with Crippen molar-refractivity contribution in [1.82, 2.24) is 0 Å². The molecular formula is C15H19ClNP. The Balaban J connectivity index is 0.00000137. The van der Waals surface area contributed by atoms with E-state index in [9.17, 15) is 0 Å². The smallest absolute Gasteiger partial charge is 0.0994 e. The summed E-state index contributed by atoms with van der Waals surface area (Å²) in [5.74, 6) is 0. The van der Waals surface area contributed by atoms with Crippen LogP contribution in [0.2, 0.25) is 5.02 Å². The van der Waals surface area contributed by atoms with Gasteiger partial charge in [-0.1, -0.05) is 36.0 Å². The highest BCUT2D eigenvalue weighted by Gasteiger charge is 2.02. The monoisotopic (exact) mass is 279 g/mol. The summed E-state index contributed by atoms with van der Waals surface area (Å²) < 4.78 is 0. The van der Waals surface area contributed by atoms with Crippen molar-refractivity contribution in [3.05, 3.63) is 52.1 Å². The molecule has 3 heteroatoms. The van der Waals surface area contributed by atoms with Gasteiger partial charge in [0.15, 0.2) is 0 Å². The number of benzene rings is 1. The van der Waals surface area contributed by atoms with Crippen LogP contribution in [0.4, 0.5) is 0 Å². The largest absolute Gasteiger partial charge is 0.192 e. The van der Waals surface area contributed by atoms with Gasteiger partial charge in [0.1, 0.15) is 0 Å². The molecule has 0 N–H and O–H groups in total. The highest BCUT2D eigenvalue weighted by atomic mass is 35.5. The maximum absolute atomic E-state index is 9.08. The van der Waals surface area contributed by atoms with Crippen molar-refractivity contribution in [2.75, 3.05) is 6.66 Å². The first kappa shape index (κ1) is 16.9. The molecule has 0 bridgehead atoms. The van der Waals surface area contributed by atoms with Crippen LogP contribution in [0.1, 0.15) is 26.3 Å². The number of hydrogen-bond acceptors (Lipinski definition) is 1. The molecule has 0 fully saturated rings. The van der Waals surface area contributed by atoms with Crippen LogP contribution in [0.15, 0.2) is 41.5 Å². The molecule has 0 radical (unpaired) electrons. The first-order valence-corrected chi connectivity index (χ1v) is 7.17. The van der Waals surface area contributed by atoms with Gasteiger partial charge in [0.25, 0.3) is 0 Å². The number of nitrogens with zero attached hydrogens (tertiary/aromatic N) is 1. The van der Waals surface area contributed by atoms with Crippen LogP contribution in [0, 0.1) is 11.3 Å². The third-order valence-electron chi connectivity index (χ3n) is 2.23. The van der Waals surface area contributed by atoms with Crippen LogP contribution < -0.4 is 0 Å². The van der Waals surface area contributed by atoms with Crippen molar-refractivity contribution in [2.24, 2.45) is 0 Å². The van der Waals surface area contributed by atoms with Gasteiger partial charge in [-0.15, -0.1) is 9.24 Å². The Bertz CT molecular complexity index is 474. The lowest BCUT2D eigenvalue weighted by molar-refractivity contribution is 1.36. The van der Waals surface area contributed by atoms with E-state index in [0.717, 1.165) is 16.7 Å². The van der Waals surface area contributed by atoms with Crippen LogP contribution in [0.5, 0.6) is 0 Å². The molecule has 1 rings (SSSR count). The van der Waals surface area contributed by atoms with E-state index >= 15 is 0 Å². The molecule has 0 aromatic heterocycles. The first-order valence-electron chi connectivity index (χ1n) is 5.64. The zero-order chi connectivity index (χ0) is 14.1. The molecule has 1 unspecified atom stereocenters. The van der Waals surface area contributed by atoms with E-state index in [4.69, 9.17) is 16.9 Å². The molecule has 0 saturated heterocycles. The molecule has 0 spiro atoms. The molecule has 1 aromatic carbocycles. The summed E-state index contributed by atoms with van der Waals surface area (Å²) in [5.41, 5.74) is 3.81. The minimum absolute atomic E-state index is 0.697. The van der Waals surface area contributed by atoms with Gasteiger partial charge < -0.3 is 0 Å². The molecule has 1 nitrogen and oxygen atoms in total. The Morgan fingerprint density at radius 2 is 1.67 bits per heavy atom. The van der Waals surface area contributed by atoms with Gasteiger partial charge >= 0.3 is 0 Å². The topological polar surface area (TPSA) is 23.8 Å². The fourth-order valence-corrected chi connectivity index (χ4v) is 1.49. The van der Waals surface area contributed by atoms with Crippen molar-refractivity contribution in [2.45, 2.75) is 20.8 Å². The maximum Gasteiger partial charge on any atom is 0.0994 e. The van der Waals surface area contributed by atoms with E-state index < -0.39 is 0 Å². The lowest BCUT2D eigenvalue weighted by Crippen LogP contribution is -1.85. The molecule has 0 aliphatic heterocycles. The van der Waals surface area contributed by atoms with E-state index in [1.165, 1.54) is 0 Å². The lowest BCUT2D eigenvalue weighted by Gasteiger charge is -2.03. The second kappa shape index (κ2) is 8.92. The van der Waals surface area contributed by atoms with E-state index in [1.54, 1.807) is 0 Å². The zero-order valence-electron chi connectivity index (χ0n) is 11.3. The van der Waals surface area contributed by atoms with E-state index in [1.807, 2.05) is 57.8 Å². The number of hydrogen-bond donors (Lipinski definition) is 0. The second-order valence-electron chi connectivity index (χ2n) is 3.88. The van der Waals surface area contributed by atoms with E-state index in [-0.39, 0.29) is 0 Å². The van der Waals surface area contributed by atoms with Gasteiger partial charge in [0.2, 0.25) is 0 Å². The predicted molar refractivity (Wildman–Crippen MR) is 84.7 cm³/mol. The molecule has 96 valence electrons. The average Bonchev–Trinajstić information content (AvgIpc) is 2.38. The Kier molecular flexibility index (Phi) is 8.38. The van der Waals surface area contributed by atoms with Gasteiger partial charge in [0, 0.05) is 5.02 Å².